The molecule has 1 N–H and O–H groups in total. The van der Waals surface area contributed by atoms with Crippen LogP contribution < -0.4 is 28.7 Å². The highest BCUT2D eigenvalue weighted by atomic mass is 127. The summed E-state index contributed by atoms with van der Waals surface area (Å²) < 4.78 is 6.36. The fourth-order valence-corrected chi connectivity index (χ4v) is 2.25. The molecule has 0 aliphatic carbocycles. The zero-order valence-electron chi connectivity index (χ0n) is 13.4. The number of halogens is 1. The largest absolute Gasteiger partial charge is 1.00 e. The Kier molecular flexibility index (Phi) is 7.32. The highest BCUT2D eigenvalue weighted by Crippen LogP contribution is 2.22. The molecule has 0 radical (unpaired) electrons. The van der Waals surface area contributed by atoms with Gasteiger partial charge in [-0.2, -0.15) is 0 Å². The predicted octanol–water partition coefficient (Wildman–Crippen LogP) is -0.196. The molecule has 2 rings (SSSR count). The van der Waals surface area contributed by atoms with Gasteiger partial charge in [-0.25, -0.2) is 0 Å². The molecule has 0 aliphatic rings. The minimum atomic E-state index is -0.459. The Hall–Kier alpha value is -1.11. The summed E-state index contributed by atoms with van der Waals surface area (Å²) in [5.41, 5.74) is 2.35. The van der Waals surface area contributed by atoms with Crippen molar-refractivity contribution in [3.63, 3.8) is 0 Å². The van der Waals surface area contributed by atoms with Gasteiger partial charge in [-0.15, -0.1) is 0 Å². The lowest BCUT2D eigenvalue weighted by molar-refractivity contribution is -0.873. The Morgan fingerprint density at radius 2 is 1.45 bits per heavy atom. The number of aliphatic hydroxyl groups excluding tert-OH is 1. The molecule has 0 saturated heterocycles. The quantitative estimate of drug-likeness (QED) is 0.526. The van der Waals surface area contributed by atoms with E-state index in [0.29, 0.717) is 13.2 Å². The molecule has 2 aromatic rings. The van der Waals surface area contributed by atoms with Gasteiger partial charge in [0.2, 0.25) is 0 Å². The van der Waals surface area contributed by atoms with Gasteiger partial charge >= 0.3 is 0 Å². The number of quaternary nitrogens is 1. The monoisotopic (exact) mass is 413 g/mol. The second-order valence-corrected chi connectivity index (χ2v) is 6.33. The number of benzene rings is 2. The van der Waals surface area contributed by atoms with E-state index in [0.717, 1.165) is 15.8 Å². The normalized spacial score (nSPS) is 12.4. The van der Waals surface area contributed by atoms with E-state index in [1.54, 1.807) is 0 Å². The van der Waals surface area contributed by atoms with Gasteiger partial charge in [-0.3, -0.25) is 0 Å². The first-order valence-electron chi connectivity index (χ1n) is 7.21. The van der Waals surface area contributed by atoms with Gasteiger partial charge in [-0.1, -0.05) is 42.5 Å². The molecular formula is C18H24INO2. The van der Waals surface area contributed by atoms with Crippen molar-refractivity contribution in [2.24, 2.45) is 0 Å². The molecule has 0 saturated carbocycles. The summed E-state index contributed by atoms with van der Waals surface area (Å²) in [6.45, 7) is 0.988. The highest BCUT2D eigenvalue weighted by Gasteiger charge is 2.15. The molecule has 0 bridgehead atoms. The molecule has 0 aromatic heterocycles. The van der Waals surface area contributed by atoms with Gasteiger partial charge in [-0.05, 0) is 23.3 Å². The summed E-state index contributed by atoms with van der Waals surface area (Å²) >= 11 is 0. The van der Waals surface area contributed by atoms with Crippen LogP contribution in [0, 0.1) is 0 Å². The molecule has 0 heterocycles. The van der Waals surface area contributed by atoms with Gasteiger partial charge in [0.25, 0.3) is 0 Å². The molecule has 1 atom stereocenters. The number of aliphatic hydroxyl groups is 1. The first-order chi connectivity index (χ1) is 9.94. The second kappa shape index (κ2) is 8.50. The van der Waals surface area contributed by atoms with Crippen LogP contribution in [0.2, 0.25) is 0 Å². The summed E-state index contributed by atoms with van der Waals surface area (Å²) in [5, 5.41) is 9.94. The van der Waals surface area contributed by atoms with E-state index in [-0.39, 0.29) is 24.0 Å². The maximum absolute atomic E-state index is 9.94. The van der Waals surface area contributed by atoms with Crippen LogP contribution >= 0.6 is 0 Å². The van der Waals surface area contributed by atoms with Crippen LogP contribution in [0.15, 0.2) is 54.6 Å². The first-order valence-corrected chi connectivity index (χ1v) is 7.21. The number of rotatable bonds is 6. The molecular weight excluding hydrogens is 389 g/mol. The zero-order chi connectivity index (χ0) is 15.3. The molecule has 0 fully saturated rings. The summed E-state index contributed by atoms with van der Waals surface area (Å²) in [6.07, 6.45) is -0.459. The van der Waals surface area contributed by atoms with Crippen LogP contribution in [0.3, 0.4) is 0 Å². The summed E-state index contributed by atoms with van der Waals surface area (Å²) in [6, 6.07) is 18.2. The van der Waals surface area contributed by atoms with Crippen LogP contribution in [0.5, 0.6) is 5.75 Å². The van der Waals surface area contributed by atoms with Crippen molar-refractivity contribution in [1.29, 1.82) is 0 Å². The lowest BCUT2D eigenvalue weighted by atomic mass is 10.1. The third-order valence-corrected chi connectivity index (χ3v) is 3.16. The standard InChI is InChI=1S/C18H24NO2.HI/c1-19(2,3)13-17(20)14-21-18-11-9-16(10-12-18)15-7-5-4-6-8-15;/h4-12,17,20H,13-14H2,1-3H3;1H/q+1;/p-1. The Balaban J connectivity index is 0.00000242. The van der Waals surface area contributed by atoms with E-state index < -0.39 is 6.10 Å². The average molecular weight is 413 g/mol. The Labute approximate surface area is 150 Å². The van der Waals surface area contributed by atoms with Crippen molar-refractivity contribution in [3.05, 3.63) is 54.6 Å². The molecule has 22 heavy (non-hydrogen) atoms. The minimum absolute atomic E-state index is 0. The number of likely N-dealkylation sites (N-methyl/N-ethyl adjacent to an activating group) is 1. The van der Waals surface area contributed by atoms with Crippen LogP contribution in [0.4, 0.5) is 0 Å². The van der Waals surface area contributed by atoms with Crippen molar-refractivity contribution >= 4 is 0 Å². The molecule has 4 heteroatoms. The van der Waals surface area contributed by atoms with E-state index in [4.69, 9.17) is 4.74 Å². The van der Waals surface area contributed by atoms with E-state index in [1.165, 1.54) is 5.56 Å². The Morgan fingerprint density at radius 1 is 0.909 bits per heavy atom. The zero-order valence-corrected chi connectivity index (χ0v) is 15.5. The molecule has 0 aliphatic heterocycles. The number of nitrogens with zero attached hydrogens (tertiary/aromatic N) is 1. The fraction of sp³-hybridized carbons (Fsp3) is 0.333. The molecule has 0 spiro atoms. The minimum Gasteiger partial charge on any atom is -1.00 e. The molecule has 120 valence electrons. The molecule has 3 nitrogen and oxygen atoms in total. The molecule has 1 unspecified atom stereocenters. The number of ether oxygens (including phenoxy) is 1. The molecule has 0 amide bonds. The lowest BCUT2D eigenvalue weighted by Crippen LogP contribution is -3.00. The number of hydrogen-bond donors (Lipinski definition) is 1. The fourth-order valence-electron chi connectivity index (χ4n) is 2.25. The van der Waals surface area contributed by atoms with Crippen LogP contribution in [0.1, 0.15) is 0 Å². The third-order valence-electron chi connectivity index (χ3n) is 3.16. The van der Waals surface area contributed by atoms with Crippen molar-refractivity contribution < 1.29 is 38.3 Å². The first kappa shape index (κ1) is 18.9. The Morgan fingerprint density at radius 3 is 2.00 bits per heavy atom. The lowest BCUT2D eigenvalue weighted by Gasteiger charge is -2.26. The van der Waals surface area contributed by atoms with E-state index in [1.807, 2.05) is 42.5 Å². The second-order valence-electron chi connectivity index (χ2n) is 6.33. The SMILES string of the molecule is C[N+](C)(C)CC(O)COc1ccc(-c2ccccc2)cc1.[I-]. The van der Waals surface area contributed by atoms with E-state index >= 15 is 0 Å². The van der Waals surface area contributed by atoms with E-state index in [9.17, 15) is 5.11 Å². The van der Waals surface area contributed by atoms with Crippen molar-refractivity contribution in [2.45, 2.75) is 6.10 Å². The topological polar surface area (TPSA) is 29.5 Å². The maximum Gasteiger partial charge on any atom is 0.137 e. The van der Waals surface area contributed by atoms with Gasteiger partial charge in [0.05, 0.1) is 21.1 Å². The van der Waals surface area contributed by atoms with Crippen molar-refractivity contribution in [2.75, 3.05) is 34.3 Å². The van der Waals surface area contributed by atoms with Gasteiger partial charge < -0.3 is 38.3 Å². The summed E-state index contributed by atoms with van der Waals surface area (Å²) in [4.78, 5) is 0. The van der Waals surface area contributed by atoms with Crippen LogP contribution in [-0.2, 0) is 0 Å². The van der Waals surface area contributed by atoms with Crippen molar-refractivity contribution in [1.82, 2.24) is 0 Å². The highest BCUT2D eigenvalue weighted by molar-refractivity contribution is 5.63. The van der Waals surface area contributed by atoms with Crippen LogP contribution in [-0.4, -0.2) is 50.0 Å². The van der Waals surface area contributed by atoms with Crippen molar-refractivity contribution in [3.8, 4) is 16.9 Å². The Bertz CT molecular complexity index is 550. The van der Waals surface area contributed by atoms with Gasteiger partial charge in [0, 0.05) is 0 Å². The predicted molar refractivity (Wildman–Crippen MR) is 86.3 cm³/mol. The van der Waals surface area contributed by atoms with E-state index in [2.05, 4.69) is 33.3 Å². The smallest absolute Gasteiger partial charge is 0.137 e. The van der Waals surface area contributed by atoms with Gasteiger partial charge in [0.15, 0.2) is 0 Å². The third kappa shape index (κ3) is 6.34. The maximum atomic E-state index is 9.94. The summed E-state index contributed by atoms with van der Waals surface area (Å²) in [7, 11) is 6.16. The number of hydrogen-bond acceptors (Lipinski definition) is 2. The van der Waals surface area contributed by atoms with Crippen LogP contribution in [0.25, 0.3) is 11.1 Å². The summed E-state index contributed by atoms with van der Waals surface area (Å²) in [5.74, 6) is 0.787. The van der Waals surface area contributed by atoms with Gasteiger partial charge in [0.1, 0.15) is 25.0 Å². The molecule has 2 aromatic carbocycles. The average Bonchev–Trinajstić information content (AvgIpc) is 2.45.